The smallest absolute Gasteiger partial charge is 0.338 e. The standard InChI is InChI=1S/C48H50O11/c1-50-47-44(54-30-36-23-13-5-14-24-36)40(52-28-34-19-9-3-10-20-34)39(51-27-33-17-7-2-8-18-33)38(57-47)32-56-48-45(55-31-37-25-15-6-16-26-37)42-41(43(59-48)46(49)58-42)53-29-35-21-11-4-12-22-35/h2-26,38-45,47-48H,27-32H2,1H3/t38-,39-,40+,41-,42+,43+,44-,45-,47+,48+/m1/s1. The van der Waals surface area contributed by atoms with Crippen LogP contribution in [0.15, 0.2) is 152 Å². The minimum atomic E-state index is -1.02. The molecule has 3 heterocycles. The predicted molar refractivity (Wildman–Crippen MR) is 215 cm³/mol. The number of rotatable bonds is 19. The highest BCUT2D eigenvalue weighted by atomic mass is 16.8. The van der Waals surface area contributed by atoms with Crippen LogP contribution >= 0.6 is 0 Å². The molecule has 10 atom stereocenters. The predicted octanol–water partition coefficient (Wildman–Crippen LogP) is 6.95. The maximum atomic E-state index is 13.3. The number of hydrogen-bond donors (Lipinski definition) is 0. The molecule has 3 saturated heterocycles. The van der Waals surface area contributed by atoms with Gasteiger partial charge >= 0.3 is 5.97 Å². The van der Waals surface area contributed by atoms with Gasteiger partial charge in [0.15, 0.2) is 24.8 Å². The fourth-order valence-corrected chi connectivity index (χ4v) is 7.62. The van der Waals surface area contributed by atoms with Crippen molar-refractivity contribution in [1.82, 2.24) is 0 Å². The molecular formula is C48H50O11. The summed E-state index contributed by atoms with van der Waals surface area (Å²) in [4.78, 5) is 13.3. The third-order valence-corrected chi connectivity index (χ3v) is 10.7. The van der Waals surface area contributed by atoms with Gasteiger partial charge in [-0.05, 0) is 27.8 Å². The van der Waals surface area contributed by atoms with Gasteiger partial charge < -0.3 is 47.4 Å². The lowest BCUT2D eigenvalue weighted by Gasteiger charge is -2.46. The van der Waals surface area contributed by atoms with E-state index >= 15 is 0 Å². The summed E-state index contributed by atoms with van der Waals surface area (Å²) in [6, 6.07) is 49.3. The first-order valence-corrected chi connectivity index (χ1v) is 20.1. The highest BCUT2D eigenvalue weighted by Gasteiger charge is 2.59. The Balaban J connectivity index is 1.05. The van der Waals surface area contributed by atoms with Crippen LogP contribution in [0.4, 0.5) is 0 Å². The third kappa shape index (κ3) is 10.5. The first-order chi connectivity index (χ1) is 29.1. The molecule has 3 aliphatic heterocycles. The molecule has 2 bridgehead atoms. The third-order valence-electron chi connectivity index (χ3n) is 10.7. The summed E-state index contributed by atoms with van der Waals surface area (Å²) in [6.45, 7) is 1.32. The van der Waals surface area contributed by atoms with Crippen molar-refractivity contribution in [2.24, 2.45) is 0 Å². The largest absolute Gasteiger partial charge is 0.454 e. The van der Waals surface area contributed by atoms with Crippen molar-refractivity contribution in [3.8, 4) is 0 Å². The Kier molecular flexibility index (Phi) is 14.2. The molecule has 0 N–H and O–H groups in total. The van der Waals surface area contributed by atoms with E-state index in [0.717, 1.165) is 27.8 Å². The molecule has 0 radical (unpaired) electrons. The quantitative estimate of drug-likeness (QED) is 0.0810. The van der Waals surface area contributed by atoms with E-state index in [4.69, 9.17) is 47.4 Å². The lowest BCUT2D eigenvalue weighted by atomic mass is 9.97. The van der Waals surface area contributed by atoms with Gasteiger partial charge in [0.2, 0.25) is 0 Å². The second-order valence-electron chi connectivity index (χ2n) is 14.7. The molecular weight excluding hydrogens is 753 g/mol. The average Bonchev–Trinajstić information content (AvgIpc) is 3.52. The van der Waals surface area contributed by atoms with Crippen LogP contribution < -0.4 is 0 Å². The number of ether oxygens (including phenoxy) is 10. The SMILES string of the molecule is CO[C@H]1O[C@H](CO[C@H]2O[C@@H]3C(=O)O[C@@H]([C@H]3OCc3ccccc3)[C@H]2OCc2ccccc2)[C@@H](OCc2ccccc2)[C@H](OCc2ccccc2)[C@H]1OCc1ccccc1. The number of esters is 1. The molecule has 0 aromatic heterocycles. The molecule has 3 aliphatic rings. The van der Waals surface area contributed by atoms with Crippen LogP contribution in [-0.2, 0) is 85.2 Å². The Morgan fingerprint density at radius 2 is 0.814 bits per heavy atom. The van der Waals surface area contributed by atoms with Crippen LogP contribution in [0.25, 0.3) is 0 Å². The highest BCUT2D eigenvalue weighted by Crippen LogP contribution is 2.37. The summed E-state index contributed by atoms with van der Waals surface area (Å²) < 4.78 is 64.5. The Labute approximate surface area is 345 Å². The Hall–Kier alpha value is -4.79. The van der Waals surface area contributed by atoms with Gasteiger partial charge in [0.25, 0.3) is 0 Å². The first kappa shape index (κ1) is 41.0. The number of carbonyl (C=O) groups excluding carboxylic acids is 1. The normalized spacial score (nSPS) is 27.6. The van der Waals surface area contributed by atoms with E-state index in [1.54, 1.807) is 7.11 Å². The molecule has 11 nitrogen and oxygen atoms in total. The van der Waals surface area contributed by atoms with Crippen molar-refractivity contribution in [1.29, 1.82) is 0 Å². The van der Waals surface area contributed by atoms with Gasteiger partial charge in [-0.2, -0.15) is 0 Å². The molecule has 0 aliphatic carbocycles. The van der Waals surface area contributed by atoms with E-state index in [1.165, 1.54) is 0 Å². The molecule has 8 rings (SSSR count). The highest BCUT2D eigenvalue weighted by molar-refractivity contribution is 5.78. The lowest BCUT2D eigenvalue weighted by molar-refractivity contribution is -0.337. The zero-order valence-corrected chi connectivity index (χ0v) is 32.9. The summed E-state index contributed by atoms with van der Waals surface area (Å²) in [5.41, 5.74) is 4.85. The minimum Gasteiger partial charge on any atom is -0.454 e. The Bertz CT molecular complexity index is 1990. The molecule has 5 aromatic rings. The molecule has 0 saturated carbocycles. The van der Waals surface area contributed by atoms with Crippen LogP contribution in [0.3, 0.4) is 0 Å². The van der Waals surface area contributed by atoms with Gasteiger partial charge in [0.1, 0.15) is 36.6 Å². The molecule has 0 amide bonds. The summed E-state index contributed by atoms with van der Waals surface area (Å²) in [6.07, 6.45) is -8.01. The Morgan fingerprint density at radius 1 is 0.424 bits per heavy atom. The number of fused-ring (bicyclic) bond motifs is 2. The molecule has 11 heteroatoms. The van der Waals surface area contributed by atoms with Gasteiger partial charge in [-0.25, -0.2) is 4.79 Å². The van der Waals surface area contributed by atoms with E-state index in [0.29, 0.717) is 13.2 Å². The van der Waals surface area contributed by atoms with E-state index in [1.807, 2.05) is 152 Å². The minimum absolute atomic E-state index is 0.0328. The summed E-state index contributed by atoms with van der Waals surface area (Å²) in [7, 11) is 1.58. The van der Waals surface area contributed by atoms with Crippen molar-refractivity contribution in [3.05, 3.63) is 179 Å². The van der Waals surface area contributed by atoms with Gasteiger partial charge in [-0.15, -0.1) is 0 Å². The van der Waals surface area contributed by atoms with Crippen molar-refractivity contribution < 1.29 is 52.2 Å². The van der Waals surface area contributed by atoms with Gasteiger partial charge in [0.05, 0.1) is 39.6 Å². The van der Waals surface area contributed by atoms with E-state index in [-0.39, 0.29) is 26.4 Å². The van der Waals surface area contributed by atoms with Gasteiger partial charge in [-0.3, -0.25) is 0 Å². The van der Waals surface area contributed by atoms with E-state index in [9.17, 15) is 4.79 Å². The maximum Gasteiger partial charge on any atom is 0.338 e. The van der Waals surface area contributed by atoms with Crippen LogP contribution in [-0.4, -0.2) is 81.1 Å². The van der Waals surface area contributed by atoms with Crippen molar-refractivity contribution >= 4 is 5.97 Å². The number of benzene rings is 5. The fourth-order valence-electron chi connectivity index (χ4n) is 7.62. The van der Waals surface area contributed by atoms with E-state index < -0.39 is 67.4 Å². The summed E-state index contributed by atoms with van der Waals surface area (Å²) in [5.74, 6) is -0.530. The second kappa shape index (κ2) is 20.5. The molecule has 59 heavy (non-hydrogen) atoms. The summed E-state index contributed by atoms with van der Waals surface area (Å²) >= 11 is 0. The number of hydrogen-bond acceptors (Lipinski definition) is 11. The van der Waals surface area contributed by atoms with Crippen molar-refractivity contribution in [3.63, 3.8) is 0 Å². The zero-order valence-electron chi connectivity index (χ0n) is 32.9. The molecule has 3 fully saturated rings. The first-order valence-electron chi connectivity index (χ1n) is 20.1. The molecule has 0 unspecified atom stereocenters. The van der Waals surface area contributed by atoms with E-state index in [2.05, 4.69) is 0 Å². The van der Waals surface area contributed by atoms with Crippen LogP contribution in [0.1, 0.15) is 27.8 Å². The monoisotopic (exact) mass is 802 g/mol. The second-order valence-corrected chi connectivity index (χ2v) is 14.7. The van der Waals surface area contributed by atoms with Crippen molar-refractivity contribution in [2.75, 3.05) is 13.7 Å². The molecule has 0 spiro atoms. The zero-order chi connectivity index (χ0) is 40.2. The van der Waals surface area contributed by atoms with Crippen molar-refractivity contribution in [2.45, 2.75) is 94.4 Å². The Morgan fingerprint density at radius 3 is 1.25 bits per heavy atom. The van der Waals surface area contributed by atoms with Crippen LogP contribution in [0.5, 0.6) is 0 Å². The van der Waals surface area contributed by atoms with Gasteiger partial charge in [-0.1, -0.05) is 152 Å². The van der Waals surface area contributed by atoms with Crippen LogP contribution in [0.2, 0.25) is 0 Å². The average molecular weight is 803 g/mol. The number of carbonyl (C=O) groups is 1. The maximum absolute atomic E-state index is 13.3. The fraction of sp³-hybridized carbons (Fsp3) is 0.354. The van der Waals surface area contributed by atoms with Gasteiger partial charge in [0, 0.05) is 7.11 Å². The summed E-state index contributed by atoms with van der Waals surface area (Å²) in [5, 5.41) is 0. The lowest BCUT2D eigenvalue weighted by Crippen LogP contribution is -2.62. The molecule has 5 aromatic carbocycles. The number of methoxy groups -OCH3 is 1. The molecule has 308 valence electrons. The topological polar surface area (TPSA) is 109 Å². The van der Waals surface area contributed by atoms with Crippen LogP contribution in [0, 0.1) is 0 Å².